The molecule has 0 bridgehead atoms. The molecule has 32 heavy (non-hydrogen) atoms. The molecule has 4 heteroatoms. The molecule has 0 spiro atoms. The average Bonchev–Trinajstić information content (AvgIpc) is 2.80. The van der Waals surface area contributed by atoms with Crippen molar-refractivity contribution in [3.05, 3.63) is 76.9 Å². The Balaban J connectivity index is 1.57. The van der Waals surface area contributed by atoms with Gasteiger partial charge in [0.05, 0.1) is 0 Å². The van der Waals surface area contributed by atoms with Crippen LogP contribution < -0.4 is 30.6 Å². The van der Waals surface area contributed by atoms with Crippen molar-refractivity contribution < 1.29 is 14.2 Å². The number of ether oxygens (including phenoxy) is 3. The Bertz CT molecular complexity index is 1500. The third-order valence-electron chi connectivity index (χ3n) is 7.39. The van der Waals surface area contributed by atoms with Gasteiger partial charge < -0.3 is 14.2 Å². The summed E-state index contributed by atoms with van der Waals surface area (Å²) in [6.45, 7) is 8.68. The SMILES string of the molecule is Cc1ccc(-c2ccc3c4c2Oc2cccc5c2B4c2c(ccc(C)c2O3)O5)c(C)c1C. The molecule has 7 rings (SSSR count). The van der Waals surface area contributed by atoms with E-state index in [2.05, 4.69) is 64.1 Å². The number of rotatable bonds is 1. The summed E-state index contributed by atoms with van der Waals surface area (Å²) >= 11 is 0. The molecule has 0 aliphatic carbocycles. The summed E-state index contributed by atoms with van der Waals surface area (Å²) in [5, 5.41) is 0. The van der Waals surface area contributed by atoms with Crippen molar-refractivity contribution in [3.8, 4) is 45.6 Å². The molecular formula is C28H21BO3. The highest BCUT2D eigenvalue weighted by Crippen LogP contribution is 2.46. The quantitative estimate of drug-likeness (QED) is 0.335. The fourth-order valence-corrected chi connectivity index (χ4v) is 5.46. The van der Waals surface area contributed by atoms with Crippen molar-refractivity contribution >= 4 is 23.1 Å². The van der Waals surface area contributed by atoms with E-state index in [4.69, 9.17) is 14.2 Å². The van der Waals surface area contributed by atoms with E-state index < -0.39 is 0 Å². The molecule has 0 atom stereocenters. The van der Waals surface area contributed by atoms with Crippen molar-refractivity contribution in [2.45, 2.75) is 27.7 Å². The number of hydrogen-bond acceptors (Lipinski definition) is 3. The predicted octanol–water partition coefficient (Wildman–Crippen LogP) is 5.42. The minimum atomic E-state index is 0.0409. The first-order valence-corrected chi connectivity index (χ1v) is 11.1. The molecule has 0 fully saturated rings. The fraction of sp³-hybridized carbons (Fsp3) is 0.143. The number of benzene rings is 4. The van der Waals surface area contributed by atoms with E-state index in [1.807, 2.05) is 18.2 Å². The molecular weight excluding hydrogens is 395 g/mol. The first-order chi connectivity index (χ1) is 15.5. The van der Waals surface area contributed by atoms with Gasteiger partial charge in [0.2, 0.25) is 0 Å². The van der Waals surface area contributed by atoms with Crippen molar-refractivity contribution in [1.29, 1.82) is 0 Å². The highest BCUT2D eigenvalue weighted by atomic mass is 16.5. The van der Waals surface area contributed by atoms with E-state index in [1.165, 1.54) is 22.3 Å². The molecule has 0 aromatic heterocycles. The standard InChI is InChI=1S/C28H21BO3/c1-14-8-10-18(17(4)16(14)3)19-11-13-23-26-28(19)32-21-7-5-6-20-24(21)29(26)25-22(30-20)12-9-15(2)27(25)31-23/h5-13H,1-4H3. The average molecular weight is 416 g/mol. The van der Waals surface area contributed by atoms with Gasteiger partial charge in [-0.1, -0.05) is 24.3 Å². The van der Waals surface area contributed by atoms with Gasteiger partial charge in [0.15, 0.2) is 0 Å². The lowest BCUT2D eigenvalue weighted by atomic mass is 9.33. The van der Waals surface area contributed by atoms with E-state index >= 15 is 0 Å². The van der Waals surface area contributed by atoms with Crippen molar-refractivity contribution in [2.75, 3.05) is 0 Å². The van der Waals surface area contributed by atoms with E-state index in [1.54, 1.807) is 0 Å². The lowest BCUT2D eigenvalue weighted by molar-refractivity contribution is 0.442. The normalized spacial score (nSPS) is 13.7. The van der Waals surface area contributed by atoms with Gasteiger partial charge in [-0.15, -0.1) is 0 Å². The van der Waals surface area contributed by atoms with Crippen LogP contribution in [0.25, 0.3) is 11.1 Å². The number of aryl methyl sites for hydroxylation is 2. The summed E-state index contributed by atoms with van der Waals surface area (Å²) in [6.07, 6.45) is 0. The molecule has 0 saturated carbocycles. The zero-order valence-corrected chi connectivity index (χ0v) is 18.5. The van der Waals surface area contributed by atoms with Crippen LogP contribution in [-0.4, -0.2) is 6.71 Å². The second-order valence-electron chi connectivity index (χ2n) is 9.06. The van der Waals surface area contributed by atoms with Crippen LogP contribution in [0.5, 0.6) is 34.5 Å². The molecule has 3 nitrogen and oxygen atoms in total. The second kappa shape index (κ2) is 5.98. The van der Waals surface area contributed by atoms with Crippen molar-refractivity contribution in [1.82, 2.24) is 0 Å². The van der Waals surface area contributed by atoms with Crippen LogP contribution in [0, 0.1) is 27.7 Å². The van der Waals surface area contributed by atoms with E-state index in [9.17, 15) is 0 Å². The van der Waals surface area contributed by atoms with Gasteiger partial charge in [-0.05, 0) is 85.8 Å². The van der Waals surface area contributed by atoms with Gasteiger partial charge in [0, 0.05) is 22.0 Å². The van der Waals surface area contributed by atoms with Gasteiger partial charge in [-0.25, -0.2) is 0 Å². The summed E-state index contributed by atoms with van der Waals surface area (Å²) in [6, 6.07) is 18.9. The maximum absolute atomic E-state index is 6.63. The smallest absolute Gasteiger partial charge is 0.270 e. The molecule has 0 N–H and O–H groups in total. The Labute approximate surface area is 187 Å². The predicted molar refractivity (Wildman–Crippen MR) is 129 cm³/mol. The maximum Gasteiger partial charge on any atom is 0.270 e. The number of hydrogen-bond donors (Lipinski definition) is 0. The van der Waals surface area contributed by atoms with Crippen LogP contribution in [0.2, 0.25) is 0 Å². The molecule has 0 unspecified atom stereocenters. The van der Waals surface area contributed by atoms with Gasteiger partial charge in [0.25, 0.3) is 6.71 Å². The molecule has 4 aromatic carbocycles. The van der Waals surface area contributed by atoms with Crippen molar-refractivity contribution in [2.24, 2.45) is 0 Å². The van der Waals surface area contributed by atoms with Crippen LogP contribution in [0.3, 0.4) is 0 Å². The monoisotopic (exact) mass is 416 g/mol. The first-order valence-electron chi connectivity index (χ1n) is 11.1. The van der Waals surface area contributed by atoms with Crippen LogP contribution in [-0.2, 0) is 0 Å². The Morgan fingerprint density at radius 3 is 1.94 bits per heavy atom. The Morgan fingerprint density at radius 1 is 0.500 bits per heavy atom. The molecule has 4 aromatic rings. The third-order valence-corrected chi connectivity index (χ3v) is 7.39. The van der Waals surface area contributed by atoms with Crippen LogP contribution in [0.15, 0.2) is 54.6 Å². The van der Waals surface area contributed by atoms with E-state index in [-0.39, 0.29) is 6.71 Å². The molecule has 3 aliphatic rings. The third kappa shape index (κ3) is 2.12. The Kier molecular flexibility index (Phi) is 3.36. The molecule has 0 saturated heterocycles. The van der Waals surface area contributed by atoms with Gasteiger partial charge >= 0.3 is 0 Å². The molecule has 154 valence electrons. The maximum atomic E-state index is 6.63. The van der Waals surface area contributed by atoms with Gasteiger partial charge in [-0.2, -0.15) is 0 Å². The van der Waals surface area contributed by atoms with Crippen LogP contribution in [0.1, 0.15) is 22.3 Å². The largest absolute Gasteiger partial charge is 0.458 e. The highest BCUT2D eigenvalue weighted by Gasteiger charge is 2.47. The highest BCUT2D eigenvalue weighted by molar-refractivity contribution is 6.99. The zero-order valence-electron chi connectivity index (χ0n) is 18.5. The van der Waals surface area contributed by atoms with E-state index in [0.29, 0.717) is 0 Å². The van der Waals surface area contributed by atoms with Gasteiger partial charge in [0.1, 0.15) is 34.5 Å². The summed E-state index contributed by atoms with van der Waals surface area (Å²) in [4.78, 5) is 0. The van der Waals surface area contributed by atoms with E-state index in [0.717, 1.165) is 62.0 Å². The topological polar surface area (TPSA) is 27.7 Å². The minimum absolute atomic E-state index is 0.0409. The minimum Gasteiger partial charge on any atom is -0.458 e. The first kappa shape index (κ1) is 18.0. The fourth-order valence-electron chi connectivity index (χ4n) is 5.46. The zero-order chi connectivity index (χ0) is 21.7. The lowest BCUT2D eigenvalue weighted by Gasteiger charge is -2.38. The molecule has 3 aliphatic heterocycles. The van der Waals surface area contributed by atoms with Crippen molar-refractivity contribution in [3.63, 3.8) is 0 Å². The molecule has 0 radical (unpaired) electrons. The Hall–Kier alpha value is -3.66. The Morgan fingerprint density at radius 2 is 1.09 bits per heavy atom. The summed E-state index contributed by atoms with van der Waals surface area (Å²) < 4.78 is 19.4. The molecule has 3 heterocycles. The lowest BCUT2D eigenvalue weighted by Crippen LogP contribution is -2.59. The second-order valence-corrected chi connectivity index (χ2v) is 9.06. The van der Waals surface area contributed by atoms with Crippen LogP contribution in [0.4, 0.5) is 0 Å². The van der Waals surface area contributed by atoms with Crippen LogP contribution >= 0.6 is 0 Å². The summed E-state index contributed by atoms with van der Waals surface area (Å²) in [7, 11) is 0. The summed E-state index contributed by atoms with van der Waals surface area (Å²) in [5.74, 6) is 5.25. The van der Waals surface area contributed by atoms with Gasteiger partial charge in [-0.3, -0.25) is 0 Å². The molecule has 0 amide bonds. The summed E-state index contributed by atoms with van der Waals surface area (Å²) in [5.41, 5.74) is 10.6.